The van der Waals surface area contributed by atoms with Crippen molar-refractivity contribution in [3.63, 3.8) is 0 Å². The fraction of sp³-hybridized carbons (Fsp3) is 0.526. The van der Waals surface area contributed by atoms with Gasteiger partial charge in [0, 0.05) is 55.0 Å². The van der Waals surface area contributed by atoms with E-state index in [9.17, 15) is 15.3 Å². The molecule has 0 amide bonds. The SMILES string of the molecule is CCc1cc2c(c[n+]1O)CC(=O)C(C#N)=C2N1CCC(C)(OC)CC1. The summed E-state index contributed by atoms with van der Waals surface area (Å²) >= 11 is 0. The summed E-state index contributed by atoms with van der Waals surface area (Å²) in [5, 5.41) is 19.7. The van der Waals surface area contributed by atoms with Gasteiger partial charge in [0.05, 0.1) is 11.3 Å². The van der Waals surface area contributed by atoms with Gasteiger partial charge in [0.1, 0.15) is 11.6 Å². The molecule has 1 aromatic heterocycles. The highest BCUT2D eigenvalue weighted by atomic mass is 16.5. The molecule has 6 nitrogen and oxygen atoms in total. The average Bonchev–Trinajstić information content (AvgIpc) is 2.61. The Labute approximate surface area is 147 Å². The Balaban J connectivity index is 2.07. The van der Waals surface area contributed by atoms with Crippen molar-refractivity contribution in [2.24, 2.45) is 0 Å². The van der Waals surface area contributed by atoms with Crippen molar-refractivity contribution >= 4 is 11.5 Å². The van der Waals surface area contributed by atoms with Crippen LogP contribution in [-0.4, -0.2) is 41.7 Å². The molecule has 3 rings (SSSR count). The zero-order valence-corrected chi connectivity index (χ0v) is 15.0. The van der Waals surface area contributed by atoms with Gasteiger partial charge in [-0.2, -0.15) is 5.26 Å². The van der Waals surface area contributed by atoms with Gasteiger partial charge in [-0.25, -0.2) is 0 Å². The summed E-state index contributed by atoms with van der Waals surface area (Å²) in [7, 11) is 1.72. The Morgan fingerprint density at radius 2 is 2.12 bits per heavy atom. The molecular formula is C19H24N3O3+. The second kappa shape index (κ2) is 6.49. The molecule has 0 unspecified atom stereocenters. The maximum Gasteiger partial charge on any atom is 0.234 e. The molecule has 1 saturated heterocycles. The molecule has 25 heavy (non-hydrogen) atoms. The normalized spacial score (nSPS) is 19.6. The lowest BCUT2D eigenvalue weighted by Gasteiger charge is -2.41. The third kappa shape index (κ3) is 3.00. The maximum absolute atomic E-state index is 12.5. The first-order valence-electron chi connectivity index (χ1n) is 8.67. The number of methoxy groups -OCH3 is 1. The van der Waals surface area contributed by atoms with Crippen LogP contribution in [0.5, 0.6) is 0 Å². The first-order valence-corrected chi connectivity index (χ1v) is 8.67. The molecule has 0 spiro atoms. The molecule has 1 aliphatic heterocycles. The molecule has 1 aliphatic carbocycles. The molecule has 0 saturated carbocycles. The van der Waals surface area contributed by atoms with E-state index in [4.69, 9.17) is 4.74 Å². The summed E-state index contributed by atoms with van der Waals surface area (Å²) in [5.41, 5.74) is 3.18. The zero-order valence-electron chi connectivity index (χ0n) is 15.0. The summed E-state index contributed by atoms with van der Waals surface area (Å²) in [6.07, 6.45) is 4.08. The molecule has 6 heteroatoms. The van der Waals surface area contributed by atoms with E-state index in [1.165, 1.54) is 0 Å². The average molecular weight is 342 g/mol. The number of aromatic nitrogens is 1. The summed E-state index contributed by atoms with van der Waals surface area (Å²) in [4.78, 5) is 14.6. The van der Waals surface area contributed by atoms with Gasteiger partial charge in [0.15, 0.2) is 5.78 Å². The molecular weight excluding hydrogens is 318 g/mol. The van der Waals surface area contributed by atoms with Crippen molar-refractivity contribution in [2.45, 2.75) is 45.1 Å². The number of Topliss-reactive ketones (excluding diaryl/α,β-unsaturated/α-hetero) is 1. The minimum atomic E-state index is -0.186. The Hall–Kier alpha value is -2.39. The number of hydrogen-bond acceptors (Lipinski definition) is 5. The van der Waals surface area contributed by atoms with Crippen molar-refractivity contribution in [1.82, 2.24) is 4.90 Å². The summed E-state index contributed by atoms with van der Waals surface area (Å²) in [6, 6.07) is 4.02. The topological polar surface area (TPSA) is 77.4 Å². The van der Waals surface area contributed by atoms with E-state index >= 15 is 0 Å². The second-order valence-corrected chi connectivity index (χ2v) is 6.98. The number of carbonyl (C=O) groups is 1. The summed E-state index contributed by atoms with van der Waals surface area (Å²) in [6.45, 7) is 5.51. The number of ether oxygens (including phenoxy) is 1. The van der Waals surface area contributed by atoms with Gasteiger partial charge in [0.25, 0.3) is 0 Å². The number of hydrogen-bond donors (Lipinski definition) is 1. The van der Waals surface area contributed by atoms with Crippen molar-refractivity contribution in [3.8, 4) is 6.07 Å². The molecule has 2 aliphatic rings. The fourth-order valence-electron chi connectivity index (χ4n) is 3.63. The summed E-state index contributed by atoms with van der Waals surface area (Å²) < 4.78 is 6.68. The van der Waals surface area contributed by atoms with Crippen LogP contribution in [0.1, 0.15) is 43.5 Å². The van der Waals surface area contributed by atoms with Crippen LogP contribution in [0, 0.1) is 11.3 Å². The van der Waals surface area contributed by atoms with Crippen molar-refractivity contribution < 1.29 is 19.5 Å². The van der Waals surface area contributed by atoms with Crippen molar-refractivity contribution in [1.29, 1.82) is 5.26 Å². The molecule has 132 valence electrons. The Bertz CT molecular complexity index is 784. The van der Waals surface area contributed by atoms with Gasteiger partial charge < -0.3 is 9.64 Å². The lowest BCUT2D eigenvalue weighted by Crippen LogP contribution is -2.44. The fourth-order valence-corrected chi connectivity index (χ4v) is 3.63. The third-order valence-corrected chi connectivity index (χ3v) is 5.46. The number of fused-ring (bicyclic) bond motifs is 1. The van der Waals surface area contributed by atoms with Gasteiger partial charge >= 0.3 is 0 Å². The van der Waals surface area contributed by atoms with Crippen molar-refractivity contribution in [3.05, 3.63) is 34.7 Å². The first-order chi connectivity index (χ1) is 11.9. The number of allylic oxidation sites excluding steroid dienone is 1. The molecule has 0 radical (unpaired) electrons. The van der Waals surface area contributed by atoms with Crippen LogP contribution in [0.3, 0.4) is 0 Å². The Morgan fingerprint density at radius 1 is 1.44 bits per heavy atom. The van der Waals surface area contributed by atoms with Crippen LogP contribution in [0.2, 0.25) is 0 Å². The molecule has 1 aromatic rings. The van der Waals surface area contributed by atoms with E-state index in [2.05, 4.69) is 17.9 Å². The van der Waals surface area contributed by atoms with E-state index in [1.54, 1.807) is 13.3 Å². The predicted octanol–water partition coefficient (Wildman–Crippen LogP) is 1.63. The Kier molecular flexibility index (Phi) is 4.53. The number of likely N-dealkylation sites (tertiary alicyclic amines) is 1. The smallest absolute Gasteiger partial charge is 0.234 e. The number of nitrogens with zero attached hydrogens (tertiary/aromatic N) is 3. The quantitative estimate of drug-likeness (QED) is 0.667. The number of carbonyl (C=O) groups excluding carboxylic acids is 1. The van der Waals surface area contributed by atoms with Gasteiger partial charge in [-0.1, -0.05) is 6.92 Å². The lowest BCUT2D eigenvalue weighted by molar-refractivity contribution is -0.909. The number of rotatable bonds is 3. The highest BCUT2D eigenvalue weighted by Gasteiger charge is 2.36. The van der Waals surface area contributed by atoms with Crippen LogP contribution in [-0.2, 0) is 22.4 Å². The van der Waals surface area contributed by atoms with E-state index in [1.807, 2.05) is 13.0 Å². The second-order valence-electron chi connectivity index (χ2n) is 6.98. The van der Waals surface area contributed by atoms with E-state index in [-0.39, 0.29) is 23.4 Å². The number of aryl methyl sites for hydroxylation is 1. The number of nitriles is 1. The van der Waals surface area contributed by atoms with E-state index < -0.39 is 0 Å². The standard InChI is InChI=1S/C19H24N3O3/c1-4-14-10-15-13(12-22(14)24)9-17(23)16(11-20)18(15)21-7-5-19(2,25-3)6-8-21/h10,12,24H,4-9H2,1-3H3/q+1. The maximum atomic E-state index is 12.5. The molecule has 0 aromatic carbocycles. The van der Waals surface area contributed by atoms with E-state index in [0.29, 0.717) is 12.1 Å². The number of pyridine rings is 1. The number of piperidine rings is 1. The predicted molar refractivity (Wildman–Crippen MR) is 90.7 cm³/mol. The Morgan fingerprint density at radius 3 is 2.68 bits per heavy atom. The van der Waals surface area contributed by atoms with Crippen LogP contribution in [0.4, 0.5) is 0 Å². The third-order valence-electron chi connectivity index (χ3n) is 5.46. The minimum absolute atomic E-state index is 0.149. The lowest BCUT2D eigenvalue weighted by atomic mass is 9.86. The van der Waals surface area contributed by atoms with Gasteiger partial charge in [0.2, 0.25) is 11.9 Å². The zero-order chi connectivity index (χ0) is 18.2. The molecule has 1 fully saturated rings. The monoisotopic (exact) mass is 342 g/mol. The largest absolute Gasteiger partial charge is 0.378 e. The summed E-state index contributed by atoms with van der Waals surface area (Å²) in [5.74, 6) is -0.186. The highest BCUT2D eigenvalue weighted by molar-refractivity contribution is 6.09. The molecule has 1 N–H and O–H groups in total. The van der Waals surface area contributed by atoms with Gasteiger partial charge in [-0.15, -0.1) is 0 Å². The first kappa shape index (κ1) is 17.4. The van der Waals surface area contributed by atoms with Gasteiger partial charge in [-0.3, -0.25) is 10.0 Å². The van der Waals surface area contributed by atoms with Crippen LogP contribution < -0.4 is 4.73 Å². The van der Waals surface area contributed by atoms with E-state index in [0.717, 1.165) is 47.5 Å². The molecule has 0 atom stereocenters. The number of ketones is 1. The van der Waals surface area contributed by atoms with Crippen LogP contribution in [0.15, 0.2) is 17.8 Å². The van der Waals surface area contributed by atoms with Crippen molar-refractivity contribution in [2.75, 3.05) is 20.2 Å². The van der Waals surface area contributed by atoms with Gasteiger partial charge in [-0.05, 0) is 19.8 Å². The van der Waals surface area contributed by atoms with Crippen LogP contribution >= 0.6 is 0 Å². The minimum Gasteiger partial charge on any atom is -0.378 e. The highest BCUT2D eigenvalue weighted by Crippen LogP contribution is 2.36. The van der Waals surface area contributed by atoms with Crippen LogP contribution in [0.25, 0.3) is 5.70 Å². The molecule has 0 bridgehead atoms. The molecule has 2 heterocycles.